The summed E-state index contributed by atoms with van der Waals surface area (Å²) in [4.78, 5) is 12.9. The van der Waals surface area contributed by atoms with E-state index < -0.39 is 77.2 Å². The molecule has 1 N–H and O–H groups in total. The maximum absolute atomic E-state index is 12.9. The quantitative estimate of drug-likeness (QED) is 0.125. The first-order valence-corrected chi connectivity index (χ1v) is 40.2. The van der Waals surface area contributed by atoms with Crippen molar-refractivity contribution in [2.24, 2.45) is 0 Å². The Hall–Kier alpha value is 0.962. The Balaban J connectivity index is 7.05. The normalized spacial score (nSPS) is 17.0. The molecule has 0 saturated carbocycles. The van der Waals surface area contributed by atoms with E-state index >= 15 is 0 Å². The lowest BCUT2D eigenvalue weighted by Crippen LogP contribution is -2.66. The molecule has 2 atom stereocenters. The van der Waals surface area contributed by atoms with Gasteiger partial charge < -0.3 is 25.7 Å². The van der Waals surface area contributed by atoms with Gasteiger partial charge in [-0.05, 0) is 124 Å². The summed E-state index contributed by atoms with van der Waals surface area (Å²) in [5.41, 5.74) is 0.276. The zero-order chi connectivity index (χ0) is 32.4. The molecule has 0 rings (SSSR count). The molecule has 7 nitrogen and oxygen atoms in total. The van der Waals surface area contributed by atoms with E-state index in [0.717, 1.165) is 12.5 Å². The second-order valence-electron chi connectivity index (χ2n) is 16.3. The lowest BCUT2D eigenvalue weighted by atomic mass is 10.1. The first-order valence-electron chi connectivity index (χ1n) is 14.6. The second kappa shape index (κ2) is 13.9. The molecule has 0 aliphatic carbocycles. The van der Waals surface area contributed by atoms with Crippen molar-refractivity contribution in [1.29, 1.82) is 0 Å². The topological polar surface area (TPSA) is 83.5 Å². The van der Waals surface area contributed by atoms with E-state index in [9.17, 15) is 9.90 Å². The molecule has 0 aromatic heterocycles. The molecule has 0 bridgehead atoms. The number of aliphatic carboxylic acids is 1. The summed E-state index contributed by atoms with van der Waals surface area (Å²) < 4.78 is 33.5. The van der Waals surface area contributed by atoms with Gasteiger partial charge in [0.2, 0.25) is 7.83 Å². The van der Waals surface area contributed by atoms with E-state index in [1.54, 1.807) is 0 Å². The van der Waals surface area contributed by atoms with Crippen LogP contribution < -0.4 is 0 Å². The van der Waals surface area contributed by atoms with Crippen molar-refractivity contribution in [3.63, 3.8) is 0 Å². The fourth-order valence-electron chi connectivity index (χ4n) is 6.46. The minimum atomic E-state index is -2.71. The molecule has 0 fully saturated rings. The van der Waals surface area contributed by atoms with Gasteiger partial charge in [0, 0.05) is 10.2 Å². The van der Waals surface area contributed by atoms with Crippen LogP contribution in [0, 0.1) is 0 Å². The number of hydrogen-bond donors (Lipinski definition) is 1. The summed E-state index contributed by atoms with van der Waals surface area (Å²) in [5.74, 6) is -0.935. The SMILES string of the molecule is C=C(C(=O)O)C(CCC[Si](C)(O[Si](C)(C)C)[SiH](O[SiH3])O[Si](C)(C)C)([Si](C)(C)O[Si](C)(C)C)[Si](C)(C)O[Si](C)(C)C. The summed E-state index contributed by atoms with van der Waals surface area (Å²) in [6.45, 7) is 42.1. The van der Waals surface area contributed by atoms with E-state index in [0.29, 0.717) is 16.9 Å². The van der Waals surface area contributed by atoms with Crippen molar-refractivity contribution < 1.29 is 30.5 Å². The number of carboxylic acid groups (broad SMARTS) is 1. The molecule has 0 aromatic carbocycles. The Bertz CT molecular complexity index is 844. The van der Waals surface area contributed by atoms with Crippen LogP contribution in [-0.4, -0.2) is 88.1 Å². The Morgan fingerprint density at radius 2 is 1.10 bits per heavy atom. The van der Waals surface area contributed by atoms with Crippen LogP contribution >= 0.6 is 0 Å². The number of rotatable bonds is 18. The highest BCUT2D eigenvalue weighted by Crippen LogP contribution is 2.58. The fraction of sp³-hybridized carbons (Fsp3) is 0.875. The zero-order valence-corrected chi connectivity index (χ0v) is 39.5. The average molecular weight is 718 g/mol. The highest BCUT2D eigenvalue weighted by atomic mass is 29.3. The van der Waals surface area contributed by atoms with Gasteiger partial charge in [-0.3, -0.25) is 0 Å². The third-order valence-corrected chi connectivity index (χ3v) is 44.9. The molecule has 0 amide bonds. The van der Waals surface area contributed by atoms with Gasteiger partial charge in [-0.25, -0.2) is 4.79 Å². The third kappa shape index (κ3) is 12.2. The maximum atomic E-state index is 12.9. The Morgan fingerprint density at radius 3 is 1.38 bits per heavy atom. The van der Waals surface area contributed by atoms with Crippen LogP contribution in [0.2, 0.25) is 122 Å². The van der Waals surface area contributed by atoms with Crippen LogP contribution in [0.25, 0.3) is 0 Å². The molecule has 0 heterocycles. The van der Waals surface area contributed by atoms with Crippen LogP contribution in [0.15, 0.2) is 12.2 Å². The Morgan fingerprint density at radius 1 is 0.725 bits per heavy atom. The van der Waals surface area contributed by atoms with Gasteiger partial charge in [0.05, 0.1) is 0 Å². The fourth-order valence-corrected chi connectivity index (χ4v) is 59.6. The van der Waals surface area contributed by atoms with Crippen LogP contribution in [0.1, 0.15) is 12.8 Å². The van der Waals surface area contributed by atoms with Gasteiger partial charge in [0.25, 0.3) is 0 Å². The Kier molecular flexibility index (Phi) is 14.3. The van der Waals surface area contributed by atoms with Crippen LogP contribution in [0.5, 0.6) is 0 Å². The molecule has 2 unspecified atom stereocenters. The number of carboxylic acids is 1. The predicted octanol–water partition coefficient (Wildman–Crippen LogP) is 6.67. The monoisotopic (exact) mass is 716 g/mol. The molecule has 0 aromatic rings. The Labute approximate surface area is 259 Å². The summed E-state index contributed by atoms with van der Waals surface area (Å²) in [6.07, 6.45) is 1.50. The molecule has 40 heavy (non-hydrogen) atoms. The summed E-state index contributed by atoms with van der Waals surface area (Å²) in [5, 5.41) is 10.5. The molecule has 0 aliphatic heterocycles. The summed E-state index contributed by atoms with van der Waals surface area (Å²) in [7, 11) is -16.9. The number of hydrogen-bond acceptors (Lipinski definition) is 6. The van der Waals surface area contributed by atoms with Crippen molar-refractivity contribution >= 4 is 83.0 Å². The first kappa shape index (κ1) is 41.0. The van der Waals surface area contributed by atoms with E-state index in [1.807, 2.05) is 0 Å². The molecular formula is C24H64O7Si9. The van der Waals surface area contributed by atoms with Gasteiger partial charge in [-0.1, -0.05) is 13.0 Å². The van der Waals surface area contributed by atoms with Gasteiger partial charge in [-0.2, -0.15) is 0 Å². The van der Waals surface area contributed by atoms with Crippen molar-refractivity contribution in [2.45, 2.75) is 135 Å². The van der Waals surface area contributed by atoms with Crippen LogP contribution in [-0.2, 0) is 25.4 Å². The van der Waals surface area contributed by atoms with Crippen molar-refractivity contribution in [3.8, 4) is 0 Å². The lowest BCUT2D eigenvalue weighted by molar-refractivity contribution is -0.133. The van der Waals surface area contributed by atoms with Gasteiger partial charge in [-0.15, -0.1) is 0 Å². The van der Waals surface area contributed by atoms with Crippen LogP contribution in [0.4, 0.5) is 0 Å². The van der Waals surface area contributed by atoms with Gasteiger partial charge in [0.1, 0.15) is 10.5 Å². The molecule has 238 valence electrons. The third-order valence-electron chi connectivity index (χ3n) is 6.89. The van der Waals surface area contributed by atoms with Crippen molar-refractivity contribution in [3.05, 3.63) is 12.2 Å². The van der Waals surface area contributed by atoms with Gasteiger partial charge in [0.15, 0.2) is 49.9 Å². The van der Waals surface area contributed by atoms with E-state index in [2.05, 4.69) is 118 Å². The second-order valence-corrected chi connectivity index (χ2v) is 55.6. The molecular weight excluding hydrogens is 653 g/mol. The molecule has 0 radical (unpaired) electrons. The molecule has 0 spiro atoms. The summed E-state index contributed by atoms with van der Waals surface area (Å²) >= 11 is 0. The zero-order valence-electron chi connectivity index (χ0n) is 29.3. The predicted molar refractivity (Wildman–Crippen MR) is 196 cm³/mol. The van der Waals surface area contributed by atoms with Crippen molar-refractivity contribution in [2.75, 3.05) is 0 Å². The minimum absolute atomic E-state index is 0.276. The molecule has 16 heteroatoms. The first-order chi connectivity index (χ1) is 17.3. The van der Waals surface area contributed by atoms with Crippen LogP contribution in [0.3, 0.4) is 0 Å². The van der Waals surface area contributed by atoms with E-state index in [-0.39, 0.29) is 5.57 Å². The minimum Gasteiger partial charge on any atom is -0.478 e. The molecule has 0 saturated heterocycles. The summed E-state index contributed by atoms with van der Waals surface area (Å²) in [6, 6.07) is 0.879. The highest BCUT2D eigenvalue weighted by Gasteiger charge is 2.64. The molecule has 0 aliphatic rings. The highest BCUT2D eigenvalue weighted by molar-refractivity contribution is 7.28. The van der Waals surface area contributed by atoms with E-state index in [1.165, 1.54) is 0 Å². The standard InChI is InChI=1S/C24H64O7Si9/c1-22(23(25)26)24(38(14,15)29-35(5,6)7,39(16,17)30-36(8,9)10)20-19-21-40(18,31-37(11,12)13)33(27-32)28-34(2,3)4/h33H,1,19-21H2,2-18,32H3,(H,25,26). The largest absolute Gasteiger partial charge is 0.478 e. The smallest absolute Gasteiger partial charge is 0.331 e. The number of carbonyl (C=O) groups is 1. The van der Waals surface area contributed by atoms with E-state index in [4.69, 9.17) is 20.6 Å². The van der Waals surface area contributed by atoms with Gasteiger partial charge >= 0.3 is 14.8 Å². The van der Waals surface area contributed by atoms with Crippen molar-refractivity contribution in [1.82, 2.24) is 0 Å². The average Bonchev–Trinajstić information content (AvgIpc) is 2.62. The lowest BCUT2D eigenvalue weighted by Gasteiger charge is -2.56. The maximum Gasteiger partial charge on any atom is 0.331 e.